The predicted molar refractivity (Wildman–Crippen MR) is 105 cm³/mol. The van der Waals surface area contributed by atoms with E-state index in [0.29, 0.717) is 23.6 Å². The molecule has 1 saturated carbocycles. The van der Waals surface area contributed by atoms with Gasteiger partial charge in [0.05, 0.1) is 12.9 Å². The van der Waals surface area contributed by atoms with Gasteiger partial charge in [-0.05, 0) is 24.8 Å². The van der Waals surface area contributed by atoms with Crippen LogP contribution in [0.1, 0.15) is 38.0 Å². The van der Waals surface area contributed by atoms with Crippen LogP contribution in [-0.4, -0.2) is 42.9 Å². The number of fused-ring (bicyclic) bond motifs is 4. The molecule has 150 valence electrons. The molecular weight excluding hydrogens is 370 g/mol. The van der Waals surface area contributed by atoms with E-state index in [0.717, 1.165) is 24.8 Å². The zero-order chi connectivity index (χ0) is 19.6. The Kier molecular flexibility index (Phi) is 3.57. The first kappa shape index (κ1) is 17.3. The molecule has 3 aromatic rings. The van der Waals surface area contributed by atoms with Gasteiger partial charge >= 0.3 is 0 Å². The van der Waals surface area contributed by atoms with E-state index in [1.54, 1.807) is 6.33 Å². The number of ether oxygens (including phenoxy) is 3. The van der Waals surface area contributed by atoms with Gasteiger partial charge in [0, 0.05) is 0 Å². The third-order valence-corrected chi connectivity index (χ3v) is 6.67. The first-order chi connectivity index (χ1) is 14.2. The number of hydrogen-bond acceptors (Lipinski definition) is 7. The zero-order valence-corrected chi connectivity index (χ0v) is 16.2. The summed E-state index contributed by atoms with van der Waals surface area (Å²) in [5, 5.41) is 0. The molecule has 2 aliphatic heterocycles. The Labute approximate surface area is 168 Å². The Balaban J connectivity index is 1.37. The molecule has 1 spiro atoms. The van der Waals surface area contributed by atoms with Crippen LogP contribution in [0.2, 0.25) is 0 Å². The van der Waals surface area contributed by atoms with Gasteiger partial charge in [-0.3, -0.25) is 4.57 Å². The van der Waals surface area contributed by atoms with Crippen molar-refractivity contribution in [2.24, 2.45) is 0 Å². The fraction of sp³-hybridized carbons (Fsp3) is 0.476. The summed E-state index contributed by atoms with van der Waals surface area (Å²) in [5.74, 6) is 0.360. The highest BCUT2D eigenvalue weighted by atomic mass is 16.7. The van der Waals surface area contributed by atoms with Crippen molar-refractivity contribution in [3.63, 3.8) is 0 Å². The largest absolute Gasteiger partial charge is 0.382 e. The van der Waals surface area contributed by atoms with Crippen molar-refractivity contribution >= 4 is 17.0 Å². The van der Waals surface area contributed by atoms with Gasteiger partial charge in [0.2, 0.25) is 0 Å². The number of benzene rings is 1. The molecule has 2 N–H and O–H groups in total. The van der Waals surface area contributed by atoms with Crippen LogP contribution in [-0.2, 0) is 20.8 Å². The summed E-state index contributed by atoms with van der Waals surface area (Å²) < 4.78 is 21.7. The molecule has 1 aliphatic carbocycles. The van der Waals surface area contributed by atoms with E-state index in [4.69, 9.17) is 19.9 Å². The van der Waals surface area contributed by atoms with E-state index < -0.39 is 5.60 Å². The Bertz CT molecular complexity index is 1070. The summed E-state index contributed by atoms with van der Waals surface area (Å²) in [6, 6.07) is 10.2. The summed E-state index contributed by atoms with van der Waals surface area (Å²) in [4.78, 5) is 12.8. The average molecular weight is 393 g/mol. The SMILES string of the molecule is CC[C@]12O[C@@H](n3cnc4c(N)ncnc43)C(OC13CC3)[C@H]2OCc1ccccc1. The van der Waals surface area contributed by atoms with Gasteiger partial charge in [0.25, 0.3) is 0 Å². The first-order valence-electron chi connectivity index (χ1n) is 10.1. The summed E-state index contributed by atoms with van der Waals surface area (Å²) in [7, 11) is 0. The monoisotopic (exact) mass is 393 g/mol. The molecule has 6 rings (SSSR count). The van der Waals surface area contributed by atoms with Gasteiger partial charge in [0.1, 0.15) is 35.3 Å². The zero-order valence-electron chi connectivity index (χ0n) is 16.2. The molecule has 4 atom stereocenters. The van der Waals surface area contributed by atoms with Crippen LogP contribution >= 0.6 is 0 Å². The molecule has 2 saturated heterocycles. The smallest absolute Gasteiger partial charge is 0.167 e. The quantitative estimate of drug-likeness (QED) is 0.711. The molecular formula is C21H23N5O3. The average Bonchev–Trinajstić information content (AvgIpc) is 3.17. The van der Waals surface area contributed by atoms with E-state index in [9.17, 15) is 0 Å². The van der Waals surface area contributed by atoms with E-state index in [1.807, 2.05) is 22.8 Å². The summed E-state index contributed by atoms with van der Waals surface area (Å²) >= 11 is 0. The molecule has 0 amide bonds. The van der Waals surface area contributed by atoms with E-state index in [-0.39, 0.29) is 24.0 Å². The fourth-order valence-corrected chi connectivity index (χ4v) is 5.13. The standard InChI is InChI=1S/C21H23N5O3/c1-2-21-16(27-10-13-6-4-3-5-7-13)15(28-20(21)8-9-20)19(29-21)26-12-25-14-17(22)23-11-24-18(14)26/h3-7,11-12,15-16,19H,2,8-10H2,1H3,(H2,22,23,24)/t15?,16-,19-,21-/m1/s1. The lowest BCUT2D eigenvalue weighted by molar-refractivity contribution is -0.224. The number of nitrogen functional groups attached to an aromatic ring is 1. The highest BCUT2D eigenvalue weighted by Gasteiger charge is 2.78. The molecule has 1 unspecified atom stereocenters. The topological polar surface area (TPSA) is 97.3 Å². The lowest BCUT2D eigenvalue weighted by Crippen LogP contribution is -2.49. The molecule has 3 aliphatic rings. The van der Waals surface area contributed by atoms with Crippen LogP contribution in [0.5, 0.6) is 0 Å². The molecule has 2 bridgehead atoms. The molecule has 3 fully saturated rings. The maximum Gasteiger partial charge on any atom is 0.167 e. The first-order valence-corrected chi connectivity index (χ1v) is 10.1. The minimum atomic E-state index is -0.466. The number of nitrogens with two attached hydrogens (primary N) is 1. The Morgan fingerprint density at radius 1 is 1.17 bits per heavy atom. The lowest BCUT2D eigenvalue weighted by Gasteiger charge is -2.38. The van der Waals surface area contributed by atoms with Crippen molar-refractivity contribution in [2.75, 3.05) is 5.73 Å². The second-order valence-corrected chi connectivity index (χ2v) is 8.13. The fourth-order valence-electron chi connectivity index (χ4n) is 5.13. The Morgan fingerprint density at radius 3 is 2.76 bits per heavy atom. The Hall–Kier alpha value is -2.55. The van der Waals surface area contributed by atoms with E-state index >= 15 is 0 Å². The summed E-state index contributed by atoms with van der Waals surface area (Å²) in [6.45, 7) is 2.68. The summed E-state index contributed by atoms with van der Waals surface area (Å²) in [6.07, 6.45) is 5.26. The van der Waals surface area contributed by atoms with Crippen molar-refractivity contribution < 1.29 is 14.2 Å². The maximum atomic E-state index is 6.74. The van der Waals surface area contributed by atoms with Gasteiger partial charge in [0.15, 0.2) is 17.7 Å². The van der Waals surface area contributed by atoms with Crippen LogP contribution in [0.3, 0.4) is 0 Å². The summed E-state index contributed by atoms with van der Waals surface area (Å²) in [5.41, 5.74) is 7.64. The molecule has 8 nitrogen and oxygen atoms in total. The normalized spacial score (nSPS) is 31.7. The van der Waals surface area contributed by atoms with Crippen LogP contribution < -0.4 is 5.73 Å². The molecule has 4 heterocycles. The number of aromatic nitrogens is 4. The van der Waals surface area contributed by atoms with Gasteiger partial charge in [-0.25, -0.2) is 15.0 Å². The van der Waals surface area contributed by atoms with Gasteiger partial charge in [-0.1, -0.05) is 37.3 Å². The van der Waals surface area contributed by atoms with Gasteiger partial charge in [-0.15, -0.1) is 0 Å². The van der Waals surface area contributed by atoms with Crippen molar-refractivity contribution in [1.82, 2.24) is 19.5 Å². The second-order valence-electron chi connectivity index (χ2n) is 8.13. The molecule has 29 heavy (non-hydrogen) atoms. The molecule has 2 aromatic heterocycles. The van der Waals surface area contributed by atoms with Crippen LogP contribution in [0.25, 0.3) is 11.2 Å². The number of nitrogens with zero attached hydrogens (tertiary/aromatic N) is 4. The minimum absolute atomic E-state index is 0.156. The minimum Gasteiger partial charge on any atom is -0.382 e. The van der Waals surface area contributed by atoms with Gasteiger partial charge in [-0.2, -0.15) is 0 Å². The number of rotatable bonds is 5. The highest BCUT2D eigenvalue weighted by Crippen LogP contribution is 2.66. The van der Waals surface area contributed by atoms with Crippen LogP contribution in [0.4, 0.5) is 5.82 Å². The Morgan fingerprint density at radius 2 is 2.00 bits per heavy atom. The molecule has 8 heteroatoms. The van der Waals surface area contributed by atoms with Crippen molar-refractivity contribution in [2.45, 2.75) is 62.4 Å². The number of imidazole rings is 1. The van der Waals surface area contributed by atoms with Crippen molar-refractivity contribution in [3.8, 4) is 0 Å². The van der Waals surface area contributed by atoms with Gasteiger partial charge < -0.3 is 19.9 Å². The van der Waals surface area contributed by atoms with Crippen molar-refractivity contribution in [3.05, 3.63) is 48.5 Å². The maximum absolute atomic E-state index is 6.74. The van der Waals surface area contributed by atoms with Crippen LogP contribution in [0, 0.1) is 0 Å². The van der Waals surface area contributed by atoms with Crippen LogP contribution in [0.15, 0.2) is 43.0 Å². The molecule has 0 radical (unpaired) electrons. The van der Waals surface area contributed by atoms with E-state index in [1.165, 1.54) is 6.33 Å². The number of hydrogen-bond donors (Lipinski definition) is 1. The molecule has 1 aromatic carbocycles. The second kappa shape index (κ2) is 5.98. The van der Waals surface area contributed by atoms with E-state index in [2.05, 4.69) is 34.0 Å². The van der Waals surface area contributed by atoms with Crippen molar-refractivity contribution in [1.29, 1.82) is 0 Å². The number of anilines is 1. The highest BCUT2D eigenvalue weighted by molar-refractivity contribution is 5.81. The predicted octanol–water partition coefficient (Wildman–Crippen LogP) is 2.60. The lowest BCUT2D eigenvalue weighted by atomic mass is 9.87. The third-order valence-electron chi connectivity index (χ3n) is 6.67. The third kappa shape index (κ3) is 2.27.